The zero-order valence-corrected chi connectivity index (χ0v) is 10.4. The molecule has 16 heavy (non-hydrogen) atoms. The summed E-state index contributed by atoms with van der Waals surface area (Å²) in [5.74, 6) is 0. The van der Waals surface area contributed by atoms with Gasteiger partial charge in [-0.15, -0.1) is 0 Å². The highest BCUT2D eigenvalue weighted by molar-refractivity contribution is 9.09. The van der Waals surface area contributed by atoms with E-state index in [1.54, 1.807) is 6.07 Å². The van der Waals surface area contributed by atoms with Crippen molar-refractivity contribution in [2.45, 2.75) is 25.7 Å². The predicted molar refractivity (Wildman–Crippen MR) is 61.5 cm³/mol. The number of nitrogens with one attached hydrogen (secondary N) is 1. The second kappa shape index (κ2) is 5.68. The van der Waals surface area contributed by atoms with Gasteiger partial charge in [0.25, 0.3) is 0 Å². The number of hydrogen-bond acceptors (Lipinski definition) is 1. The normalized spacial score (nSPS) is 13.8. The van der Waals surface area contributed by atoms with Crippen molar-refractivity contribution in [2.75, 3.05) is 5.33 Å². The Kier molecular flexibility index (Phi) is 4.80. The molecule has 90 valence electrons. The molecule has 0 radical (unpaired) electrons. The van der Waals surface area contributed by atoms with Crippen molar-refractivity contribution in [3.8, 4) is 0 Å². The first kappa shape index (κ1) is 13.5. The molecule has 1 atom stereocenters. The smallest absolute Gasteiger partial charge is 0.309 e. The SMILES string of the molecule is CC(CBr)NCc1cccc(C(F)(F)F)c1. The third kappa shape index (κ3) is 4.14. The summed E-state index contributed by atoms with van der Waals surface area (Å²) in [6, 6.07) is 5.60. The molecule has 0 aromatic heterocycles. The minimum atomic E-state index is -4.27. The summed E-state index contributed by atoms with van der Waals surface area (Å²) in [6.45, 7) is 2.40. The zero-order valence-electron chi connectivity index (χ0n) is 8.81. The van der Waals surface area contributed by atoms with Gasteiger partial charge in [0.05, 0.1) is 5.56 Å². The number of alkyl halides is 4. The van der Waals surface area contributed by atoms with Crippen LogP contribution in [0.15, 0.2) is 24.3 Å². The van der Waals surface area contributed by atoms with E-state index in [0.29, 0.717) is 12.1 Å². The quantitative estimate of drug-likeness (QED) is 0.837. The van der Waals surface area contributed by atoms with Crippen molar-refractivity contribution in [1.29, 1.82) is 0 Å². The average molecular weight is 296 g/mol. The highest BCUT2D eigenvalue weighted by Crippen LogP contribution is 2.29. The van der Waals surface area contributed by atoms with Gasteiger partial charge < -0.3 is 5.32 Å². The van der Waals surface area contributed by atoms with Crippen LogP contribution in [0.2, 0.25) is 0 Å². The molecule has 0 amide bonds. The maximum absolute atomic E-state index is 12.4. The molecule has 5 heteroatoms. The lowest BCUT2D eigenvalue weighted by Crippen LogP contribution is -2.26. The standard InChI is InChI=1S/C11H13BrF3N/c1-8(6-12)16-7-9-3-2-4-10(5-9)11(13,14)15/h2-5,8,16H,6-7H2,1H3. The van der Waals surface area contributed by atoms with Gasteiger partial charge in [-0.3, -0.25) is 0 Å². The second-order valence-corrected chi connectivity index (χ2v) is 4.28. The number of hydrogen-bond donors (Lipinski definition) is 1. The Balaban J connectivity index is 2.68. The van der Waals surface area contributed by atoms with Gasteiger partial charge in [-0.25, -0.2) is 0 Å². The van der Waals surface area contributed by atoms with Crippen LogP contribution in [0.1, 0.15) is 18.1 Å². The predicted octanol–water partition coefficient (Wildman–Crippen LogP) is 3.58. The fraction of sp³-hybridized carbons (Fsp3) is 0.455. The molecule has 0 fully saturated rings. The second-order valence-electron chi connectivity index (χ2n) is 3.63. The summed E-state index contributed by atoms with van der Waals surface area (Å²) in [7, 11) is 0. The number of halogens is 4. The molecular formula is C11H13BrF3N. The monoisotopic (exact) mass is 295 g/mol. The van der Waals surface area contributed by atoms with E-state index < -0.39 is 11.7 Å². The van der Waals surface area contributed by atoms with Gasteiger partial charge in [-0.2, -0.15) is 13.2 Å². The summed E-state index contributed by atoms with van der Waals surface area (Å²) in [4.78, 5) is 0. The van der Waals surface area contributed by atoms with E-state index in [2.05, 4.69) is 21.2 Å². The van der Waals surface area contributed by atoms with Crippen LogP contribution in [0.5, 0.6) is 0 Å². The molecule has 0 saturated heterocycles. The van der Waals surface area contributed by atoms with E-state index in [-0.39, 0.29) is 6.04 Å². The zero-order chi connectivity index (χ0) is 12.2. The first-order valence-electron chi connectivity index (χ1n) is 4.89. The van der Waals surface area contributed by atoms with Crippen LogP contribution in [0.4, 0.5) is 13.2 Å². The van der Waals surface area contributed by atoms with Crippen molar-refractivity contribution >= 4 is 15.9 Å². The molecule has 1 unspecified atom stereocenters. The number of rotatable bonds is 4. The maximum atomic E-state index is 12.4. The highest BCUT2D eigenvalue weighted by atomic mass is 79.9. The Morgan fingerprint density at radius 2 is 2.06 bits per heavy atom. The van der Waals surface area contributed by atoms with E-state index >= 15 is 0 Å². The minimum absolute atomic E-state index is 0.231. The average Bonchev–Trinajstić information content (AvgIpc) is 2.25. The third-order valence-corrected chi connectivity index (χ3v) is 3.11. The van der Waals surface area contributed by atoms with Crippen molar-refractivity contribution in [2.24, 2.45) is 0 Å². The fourth-order valence-electron chi connectivity index (χ4n) is 1.20. The van der Waals surface area contributed by atoms with E-state index in [4.69, 9.17) is 0 Å². The van der Waals surface area contributed by atoms with Crippen molar-refractivity contribution in [3.05, 3.63) is 35.4 Å². The molecular weight excluding hydrogens is 283 g/mol. The van der Waals surface area contributed by atoms with Gasteiger partial charge in [0.1, 0.15) is 0 Å². The molecule has 0 aliphatic carbocycles. The molecule has 1 N–H and O–H groups in total. The molecule has 0 aliphatic rings. The minimum Gasteiger partial charge on any atom is -0.309 e. The van der Waals surface area contributed by atoms with E-state index in [1.165, 1.54) is 12.1 Å². The Morgan fingerprint density at radius 1 is 1.38 bits per heavy atom. The third-order valence-electron chi connectivity index (χ3n) is 2.14. The maximum Gasteiger partial charge on any atom is 0.416 e. The molecule has 1 rings (SSSR count). The summed E-state index contributed by atoms with van der Waals surface area (Å²) >= 11 is 3.29. The lowest BCUT2D eigenvalue weighted by Gasteiger charge is -2.12. The van der Waals surface area contributed by atoms with Crippen molar-refractivity contribution < 1.29 is 13.2 Å². The summed E-state index contributed by atoms with van der Waals surface area (Å²) in [6.07, 6.45) is -4.27. The Morgan fingerprint density at radius 3 is 2.62 bits per heavy atom. The molecule has 0 saturated carbocycles. The van der Waals surface area contributed by atoms with Gasteiger partial charge in [-0.1, -0.05) is 34.1 Å². The molecule has 0 heterocycles. The van der Waals surface area contributed by atoms with Crippen LogP contribution >= 0.6 is 15.9 Å². The topological polar surface area (TPSA) is 12.0 Å². The van der Waals surface area contributed by atoms with Crippen LogP contribution in [-0.4, -0.2) is 11.4 Å². The molecule has 0 aliphatic heterocycles. The Labute approximate surface area is 101 Å². The van der Waals surface area contributed by atoms with E-state index in [0.717, 1.165) is 11.4 Å². The van der Waals surface area contributed by atoms with Gasteiger partial charge in [0.15, 0.2) is 0 Å². The fourth-order valence-corrected chi connectivity index (χ4v) is 1.43. The first-order valence-corrected chi connectivity index (χ1v) is 6.01. The summed E-state index contributed by atoms with van der Waals surface area (Å²) in [5, 5.41) is 3.88. The van der Waals surface area contributed by atoms with Gasteiger partial charge in [0.2, 0.25) is 0 Å². The first-order chi connectivity index (χ1) is 7.43. The highest BCUT2D eigenvalue weighted by Gasteiger charge is 2.30. The van der Waals surface area contributed by atoms with Crippen LogP contribution in [0, 0.1) is 0 Å². The molecule has 1 aromatic carbocycles. The lowest BCUT2D eigenvalue weighted by molar-refractivity contribution is -0.137. The van der Waals surface area contributed by atoms with Crippen LogP contribution in [0.3, 0.4) is 0 Å². The van der Waals surface area contributed by atoms with Gasteiger partial charge in [0, 0.05) is 17.9 Å². The van der Waals surface area contributed by atoms with Crippen LogP contribution < -0.4 is 5.32 Å². The van der Waals surface area contributed by atoms with Crippen LogP contribution in [-0.2, 0) is 12.7 Å². The molecule has 1 aromatic rings. The summed E-state index contributed by atoms with van der Waals surface area (Å²) < 4.78 is 37.2. The molecule has 0 bridgehead atoms. The lowest BCUT2D eigenvalue weighted by atomic mass is 10.1. The van der Waals surface area contributed by atoms with Gasteiger partial charge >= 0.3 is 6.18 Å². The Hall–Kier alpha value is -0.550. The van der Waals surface area contributed by atoms with Crippen LogP contribution in [0.25, 0.3) is 0 Å². The van der Waals surface area contributed by atoms with Gasteiger partial charge in [-0.05, 0) is 18.6 Å². The largest absolute Gasteiger partial charge is 0.416 e. The van der Waals surface area contributed by atoms with Crippen molar-refractivity contribution in [3.63, 3.8) is 0 Å². The van der Waals surface area contributed by atoms with E-state index in [9.17, 15) is 13.2 Å². The van der Waals surface area contributed by atoms with E-state index in [1.807, 2.05) is 6.92 Å². The number of benzene rings is 1. The van der Waals surface area contributed by atoms with Crippen molar-refractivity contribution in [1.82, 2.24) is 5.32 Å². The molecule has 0 spiro atoms. The summed E-state index contributed by atoms with van der Waals surface area (Å²) in [5.41, 5.74) is 0.0425. The Bertz CT molecular complexity index is 338. The molecule has 1 nitrogen and oxygen atoms in total.